The SMILES string of the molecule is Cc1ccc(C2CCNC2c2ccccc2)c(C)c1. The topological polar surface area (TPSA) is 12.0 Å². The fraction of sp³-hybridized carbons (Fsp3) is 0.333. The van der Waals surface area contributed by atoms with Gasteiger partial charge in [0.1, 0.15) is 0 Å². The maximum atomic E-state index is 3.66. The molecule has 1 aliphatic rings. The minimum Gasteiger partial charge on any atom is -0.309 e. The van der Waals surface area contributed by atoms with Crippen LogP contribution in [0, 0.1) is 13.8 Å². The van der Waals surface area contributed by atoms with Crippen molar-refractivity contribution in [2.24, 2.45) is 0 Å². The molecule has 0 bridgehead atoms. The zero-order chi connectivity index (χ0) is 13.2. The Morgan fingerprint density at radius 3 is 2.53 bits per heavy atom. The van der Waals surface area contributed by atoms with Crippen LogP contribution in [0.2, 0.25) is 0 Å². The van der Waals surface area contributed by atoms with Crippen LogP contribution in [0.5, 0.6) is 0 Å². The van der Waals surface area contributed by atoms with Crippen LogP contribution < -0.4 is 5.32 Å². The molecular formula is C18H21N. The molecule has 2 aromatic carbocycles. The fourth-order valence-corrected chi connectivity index (χ4v) is 3.29. The molecule has 1 heterocycles. The maximum absolute atomic E-state index is 3.66. The third-order valence-corrected chi connectivity index (χ3v) is 4.21. The van der Waals surface area contributed by atoms with Crippen molar-refractivity contribution in [1.82, 2.24) is 5.32 Å². The van der Waals surface area contributed by atoms with Gasteiger partial charge in [0.2, 0.25) is 0 Å². The molecule has 0 aromatic heterocycles. The molecule has 0 saturated carbocycles. The Morgan fingerprint density at radius 1 is 1.00 bits per heavy atom. The van der Waals surface area contributed by atoms with Gasteiger partial charge in [-0.25, -0.2) is 0 Å². The van der Waals surface area contributed by atoms with Crippen molar-refractivity contribution in [2.45, 2.75) is 32.2 Å². The summed E-state index contributed by atoms with van der Waals surface area (Å²) in [5.74, 6) is 0.600. The first-order valence-corrected chi connectivity index (χ1v) is 7.11. The van der Waals surface area contributed by atoms with Crippen molar-refractivity contribution in [3.63, 3.8) is 0 Å². The smallest absolute Gasteiger partial charge is 0.0390 e. The van der Waals surface area contributed by atoms with Crippen LogP contribution in [0.1, 0.15) is 40.6 Å². The van der Waals surface area contributed by atoms with Gasteiger partial charge in [0.05, 0.1) is 0 Å². The van der Waals surface area contributed by atoms with Gasteiger partial charge in [-0.15, -0.1) is 0 Å². The van der Waals surface area contributed by atoms with Gasteiger partial charge in [0, 0.05) is 12.0 Å². The summed E-state index contributed by atoms with van der Waals surface area (Å²) in [5.41, 5.74) is 5.69. The lowest BCUT2D eigenvalue weighted by Crippen LogP contribution is -2.17. The lowest BCUT2D eigenvalue weighted by atomic mass is 9.85. The minimum absolute atomic E-state index is 0.461. The average molecular weight is 251 g/mol. The van der Waals surface area contributed by atoms with E-state index in [2.05, 4.69) is 67.7 Å². The van der Waals surface area contributed by atoms with Crippen molar-refractivity contribution in [2.75, 3.05) is 6.54 Å². The quantitative estimate of drug-likeness (QED) is 0.846. The van der Waals surface area contributed by atoms with Crippen LogP contribution in [-0.2, 0) is 0 Å². The van der Waals surface area contributed by atoms with E-state index in [4.69, 9.17) is 0 Å². The Kier molecular flexibility index (Phi) is 3.39. The largest absolute Gasteiger partial charge is 0.309 e. The molecule has 0 amide bonds. The molecule has 1 N–H and O–H groups in total. The molecule has 0 spiro atoms. The molecule has 1 saturated heterocycles. The van der Waals surface area contributed by atoms with E-state index in [0.717, 1.165) is 6.54 Å². The maximum Gasteiger partial charge on any atom is 0.0390 e. The van der Waals surface area contributed by atoms with E-state index >= 15 is 0 Å². The van der Waals surface area contributed by atoms with Gasteiger partial charge in [-0.1, -0.05) is 54.1 Å². The third-order valence-electron chi connectivity index (χ3n) is 4.21. The molecule has 1 aliphatic heterocycles. The van der Waals surface area contributed by atoms with E-state index in [9.17, 15) is 0 Å². The lowest BCUT2D eigenvalue weighted by molar-refractivity contribution is 0.576. The van der Waals surface area contributed by atoms with Crippen molar-refractivity contribution in [3.05, 3.63) is 70.8 Å². The van der Waals surface area contributed by atoms with Gasteiger partial charge < -0.3 is 5.32 Å². The molecule has 1 heteroatoms. The fourth-order valence-electron chi connectivity index (χ4n) is 3.29. The van der Waals surface area contributed by atoms with E-state index in [1.807, 2.05) is 0 Å². The summed E-state index contributed by atoms with van der Waals surface area (Å²) in [6.07, 6.45) is 1.23. The van der Waals surface area contributed by atoms with E-state index < -0.39 is 0 Å². The molecule has 1 fully saturated rings. The normalized spacial score (nSPS) is 22.6. The molecular weight excluding hydrogens is 230 g/mol. The summed E-state index contributed by atoms with van der Waals surface area (Å²) in [6, 6.07) is 18.1. The van der Waals surface area contributed by atoms with E-state index in [0.29, 0.717) is 12.0 Å². The Labute approximate surface area is 115 Å². The second-order valence-electron chi connectivity index (χ2n) is 5.60. The summed E-state index contributed by atoms with van der Waals surface area (Å²) >= 11 is 0. The van der Waals surface area contributed by atoms with Gasteiger partial charge in [-0.3, -0.25) is 0 Å². The van der Waals surface area contributed by atoms with Crippen molar-refractivity contribution < 1.29 is 0 Å². The van der Waals surface area contributed by atoms with Crippen LogP contribution in [0.3, 0.4) is 0 Å². The van der Waals surface area contributed by atoms with Crippen molar-refractivity contribution in [1.29, 1.82) is 0 Å². The standard InChI is InChI=1S/C18H21N/c1-13-8-9-16(14(2)12-13)17-10-11-19-18(17)15-6-4-3-5-7-15/h3-9,12,17-19H,10-11H2,1-2H3. The van der Waals surface area contributed by atoms with Crippen LogP contribution >= 0.6 is 0 Å². The monoisotopic (exact) mass is 251 g/mol. The predicted molar refractivity (Wildman–Crippen MR) is 80.5 cm³/mol. The van der Waals surface area contributed by atoms with Crippen molar-refractivity contribution in [3.8, 4) is 0 Å². The highest BCUT2D eigenvalue weighted by atomic mass is 15.0. The van der Waals surface area contributed by atoms with Gasteiger partial charge in [-0.2, -0.15) is 0 Å². The molecule has 2 unspecified atom stereocenters. The Balaban J connectivity index is 1.95. The number of hydrogen-bond acceptors (Lipinski definition) is 1. The van der Waals surface area contributed by atoms with Crippen LogP contribution in [-0.4, -0.2) is 6.54 Å². The van der Waals surface area contributed by atoms with Gasteiger partial charge in [0.15, 0.2) is 0 Å². The highest BCUT2D eigenvalue weighted by Crippen LogP contribution is 2.38. The predicted octanol–water partition coefficient (Wildman–Crippen LogP) is 4.12. The van der Waals surface area contributed by atoms with Crippen LogP contribution in [0.15, 0.2) is 48.5 Å². The number of benzene rings is 2. The molecule has 0 aliphatic carbocycles. The summed E-state index contributed by atoms with van der Waals surface area (Å²) in [7, 11) is 0. The summed E-state index contributed by atoms with van der Waals surface area (Å²) in [5, 5.41) is 3.66. The Hall–Kier alpha value is -1.60. The van der Waals surface area contributed by atoms with Crippen LogP contribution in [0.25, 0.3) is 0 Å². The summed E-state index contributed by atoms with van der Waals surface area (Å²) in [4.78, 5) is 0. The molecule has 2 atom stereocenters. The highest BCUT2D eigenvalue weighted by molar-refractivity contribution is 5.37. The molecule has 2 aromatic rings. The van der Waals surface area contributed by atoms with E-state index in [1.165, 1.54) is 28.7 Å². The van der Waals surface area contributed by atoms with Gasteiger partial charge in [-0.05, 0) is 43.5 Å². The first-order valence-electron chi connectivity index (χ1n) is 7.11. The zero-order valence-corrected chi connectivity index (χ0v) is 11.7. The summed E-state index contributed by atoms with van der Waals surface area (Å²) < 4.78 is 0. The molecule has 1 nitrogen and oxygen atoms in total. The highest BCUT2D eigenvalue weighted by Gasteiger charge is 2.30. The zero-order valence-electron chi connectivity index (χ0n) is 11.7. The molecule has 19 heavy (non-hydrogen) atoms. The Bertz CT molecular complexity index is 559. The van der Waals surface area contributed by atoms with Crippen molar-refractivity contribution >= 4 is 0 Å². The average Bonchev–Trinajstić information content (AvgIpc) is 2.89. The van der Waals surface area contributed by atoms with Crippen LogP contribution in [0.4, 0.5) is 0 Å². The number of aryl methyl sites for hydroxylation is 2. The first-order chi connectivity index (χ1) is 9.25. The van der Waals surface area contributed by atoms with E-state index in [-0.39, 0.29) is 0 Å². The van der Waals surface area contributed by atoms with Gasteiger partial charge in [0.25, 0.3) is 0 Å². The van der Waals surface area contributed by atoms with Gasteiger partial charge >= 0.3 is 0 Å². The lowest BCUT2D eigenvalue weighted by Gasteiger charge is -2.22. The minimum atomic E-state index is 0.461. The first kappa shape index (κ1) is 12.4. The second-order valence-corrected chi connectivity index (χ2v) is 5.60. The molecule has 0 radical (unpaired) electrons. The number of hydrogen-bond donors (Lipinski definition) is 1. The molecule has 98 valence electrons. The second kappa shape index (κ2) is 5.18. The number of rotatable bonds is 2. The Morgan fingerprint density at radius 2 is 1.79 bits per heavy atom. The van der Waals surface area contributed by atoms with E-state index in [1.54, 1.807) is 0 Å². The molecule has 3 rings (SSSR count). The number of nitrogens with one attached hydrogen (secondary N) is 1. The third kappa shape index (κ3) is 2.43. The summed E-state index contributed by atoms with van der Waals surface area (Å²) in [6.45, 7) is 5.51.